The molecule has 2 aromatic rings. The van der Waals surface area contributed by atoms with E-state index in [-0.39, 0.29) is 18.2 Å². The molecule has 1 amide bonds. The van der Waals surface area contributed by atoms with Crippen LogP contribution < -0.4 is 15.8 Å². The molecule has 1 aliphatic rings. The SMILES string of the molecule is CC(C)(C)OC(=O)N[C@H]1CCN([C@@H](CN)c2ccc(OCc3ccccc3)cc2)C1. The van der Waals surface area contributed by atoms with Crippen LogP contribution in [0.5, 0.6) is 5.75 Å². The van der Waals surface area contributed by atoms with E-state index in [0.29, 0.717) is 13.2 Å². The van der Waals surface area contributed by atoms with Crippen LogP contribution in [0, 0.1) is 0 Å². The third-order valence-corrected chi connectivity index (χ3v) is 5.12. The summed E-state index contributed by atoms with van der Waals surface area (Å²) < 4.78 is 11.2. The first-order valence-corrected chi connectivity index (χ1v) is 10.5. The minimum absolute atomic E-state index is 0.0716. The van der Waals surface area contributed by atoms with Gasteiger partial charge in [0.2, 0.25) is 0 Å². The number of nitrogens with zero attached hydrogens (tertiary/aromatic N) is 1. The summed E-state index contributed by atoms with van der Waals surface area (Å²) in [7, 11) is 0. The summed E-state index contributed by atoms with van der Waals surface area (Å²) in [5.41, 5.74) is 7.90. The van der Waals surface area contributed by atoms with Crippen LogP contribution in [0.1, 0.15) is 44.4 Å². The standard InChI is InChI=1S/C24H33N3O3/c1-24(2,3)30-23(28)26-20-13-14-27(16-20)22(15-25)19-9-11-21(12-10-19)29-17-18-7-5-4-6-8-18/h4-12,20,22H,13-17,25H2,1-3H3,(H,26,28)/t20-,22-/m0/s1. The van der Waals surface area contributed by atoms with E-state index in [0.717, 1.165) is 36.4 Å². The van der Waals surface area contributed by atoms with Gasteiger partial charge in [-0.1, -0.05) is 42.5 Å². The molecule has 1 fully saturated rings. The van der Waals surface area contributed by atoms with Crippen LogP contribution in [0.25, 0.3) is 0 Å². The zero-order valence-corrected chi connectivity index (χ0v) is 18.1. The number of amides is 1. The zero-order chi connectivity index (χ0) is 21.6. The molecular weight excluding hydrogens is 378 g/mol. The van der Waals surface area contributed by atoms with Crippen LogP contribution in [0.3, 0.4) is 0 Å². The molecule has 0 radical (unpaired) electrons. The maximum absolute atomic E-state index is 12.0. The molecular formula is C24H33N3O3. The van der Waals surface area contributed by atoms with Gasteiger partial charge in [-0.3, -0.25) is 4.90 Å². The van der Waals surface area contributed by atoms with E-state index in [1.54, 1.807) is 0 Å². The first-order valence-electron chi connectivity index (χ1n) is 10.5. The number of carbonyl (C=O) groups excluding carboxylic acids is 1. The summed E-state index contributed by atoms with van der Waals surface area (Å²) in [6, 6.07) is 18.4. The van der Waals surface area contributed by atoms with Crippen molar-refractivity contribution in [3.05, 3.63) is 65.7 Å². The second kappa shape index (κ2) is 9.96. The highest BCUT2D eigenvalue weighted by Crippen LogP contribution is 2.26. The molecule has 0 saturated carbocycles. The minimum Gasteiger partial charge on any atom is -0.489 e. The van der Waals surface area contributed by atoms with Crippen LogP contribution in [0.15, 0.2) is 54.6 Å². The van der Waals surface area contributed by atoms with E-state index in [1.165, 1.54) is 0 Å². The lowest BCUT2D eigenvalue weighted by Gasteiger charge is -2.27. The van der Waals surface area contributed by atoms with Gasteiger partial charge in [0, 0.05) is 31.7 Å². The van der Waals surface area contributed by atoms with Crippen molar-refractivity contribution < 1.29 is 14.3 Å². The topological polar surface area (TPSA) is 76.8 Å². The second-order valence-corrected chi connectivity index (χ2v) is 8.72. The number of likely N-dealkylation sites (tertiary alicyclic amines) is 1. The molecule has 30 heavy (non-hydrogen) atoms. The van der Waals surface area contributed by atoms with Gasteiger partial charge in [0.25, 0.3) is 0 Å². The number of rotatable bonds is 7. The first kappa shape index (κ1) is 22.1. The Morgan fingerprint density at radius 1 is 1.17 bits per heavy atom. The lowest BCUT2D eigenvalue weighted by Crippen LogP contribution is -2.41. The average molecular weight is 412 g/mol. The number of carbonyl (C=O) groups is 1. The van der Waals surface area contributed by atoms with E-state index < -0.39 is 5.60 Å². The maximum atomic E-state index is 12.0. The minimum atomic E-state index is -0.494. The van der Waals surface area contributed by atoms with Gasteiger partial charge in [-0.05, 0) is 50.5 Å². The second-order valence-electron chi connectivity index (χ2n) is 8.72. The summed E-state index contributed by atoms with van der Waals surface area (Å²) in [5, 5.41) is 2.97. The highest BCUT2D eigenvalue weighted by Gasteiger charge is 2.30. The molecule has 3 N–H and O–H groups in total. The predicted octanol–water partition coefficient (Wildman–Crippen LogP) is 3.86. The van der Waals surface area contributed by atoms with Crippen molar-refractivity contribution >= 4 is 6.09 Å². The maximum Gasteiger partial charge on any atom is 0.407 e. The van der Waals surface area contributed by atoms with Crippen molar-refractivity contribution in [2.45, 2.75) is 51.5 Å². The van der Waals surface area contributed by atoms with Gasteiger partial charge >= 0.3 is 6.09 Å². The zero-order valence-electron chi connectivity index (χ0n) is 18.1. The smallest absolute Gasteiger partial charge is 0.407 e. The fraction of sp³-hybridized carbons (Fsp3) is 0.458. The van der Waals surface area contributed by atoms with Crippen LogP contribution in [0.2, 0.25) is 0 Å². The Hall–Kier alpha value is -2.57. The van der Waals surface area contributed by atoms with Crippen molar-refractivity contribution in [2.24, 2.45) is 5.73 Å². The summed E-state index contributed by atoms with van der Waals surface area (Å²) >= 11 is 0. The lowest BCUT2D eigenvalue weighted by molar-refractivity contribution is 0.0504. The van der Waals surface area contributed by atoms with E-state index in [4.69, 9.17) is 15.2 Å². The van der Waals surface area contributed by atoms with Gasteiger partial charge in [0.15, 0.2) is 0 Å². The summed E-state index contributed by atoms with van der Waals surface area (Å²) in [4.78, 5) is 14.4. The van der Waals surface area contributed by atoms with E-state index in [9.17, 15) is 4.79 Å². The van der Waals surface area contributed by atoms with Crippen molar-refractivity contribution in [1.82, 2.24) is 10.2 Å². The number of benzene rings is 2. The predicted molar refractivity (Wildman–Crippen MR) is 118 cm³/mol. The molecule has 0 spiro atoms. The van der Waals surface area contributed by atoms with E-state index >= 15 is 0 Å². The number of nitrogens with two attached hydrogens (primary N) is 1. The van der Waals surface area contributed by atoms with Crippen molar-refractivity contribution in [2.75, 3.05) is 19.6 Å². The Bertz CT molecular complexity index is 803. The van der Waals surface area contributed by atoms with Gasteiger partial charge < -0.3 is 20.5 Å². The molecule has 2 aromatic carbocycles. The molecule has 0 unspecified atom stereocenters. The Balaban J connectivity index is 1.53. The number of ether oxygens (including phenoxy) is 2. The largest absolute Gasteiger partial charge is 0.489 e. The van der Waals surface area contributed by atoms with Gasteiger partial charge in [-0.25, -0.2) is 4.79 Å². The molecule has 0 bridgehead atoms. The molecule has 6 heteroatoms. The Morgan fingerprint density at radius 2 is 1.87 bits per heavy atom. The third kappa shape index (κ3) is 6.47. The first-order chi connectivity index (χ1) is 14.3. The van der Waals surface area contributed by atoms with Crippen LogP contribution in [0.4, 0.5) is 4.79 Å². The summed E-state index contributed by atoms with van der Waals surface area (Å²) in [6.07, 6.45) is 0.521. The van der Waals surface area contributed by atoms with Gasteiger partial charge in [-0.15, -0.1) is 0 Å². The average Bonchev–Trinajstić information content (AvgIpc) is 3.15. The molecule has 1 aliphatic heterocycles. The fourth-order valence-corrected chi connectivity index (χ4v) is 3.69. The van der Waals surface area contributed by atoms with Gasteiger partial charge in [0.05, 0.1) is 0 Å². The Morgan fingerprint density at radius 3 is 2.50 bits per heavy atom. The normalized spacial score (nSPS) is 18.1. The monoisotopic (exact) mass is 411 g/mol. The quantitative estimate of drug-likeness (QED) is 0.723. The Kier molecular flexibility index (Phi) is 7.34. The van der Waals surface area contributed by atoms with Gasteiger partial charge in [0.1, 0.15) is 18.0 Å². The van der Waals surface area contributed by atoms with Crippen LogP contribution in [-0.4, -0.2) is 42.3 Å². The third-order valence-electron chi connectivity index (χ3n) is 5.12. The summed E-state index contributed by atoms with van der Waals surface area (Å²) in [6.45, 7) is 8.30. The lowest BCUT2D eigenvalue weighted by atomic mass is 10.1. The van der Waals surface area contributed by atoms with Gasteiger partial charge in [-0.2, -0.15) is 0 Å². The molecule has 6 nitrogen and oxygen atoms in total. The molecule has 3 rings (SSSR count). The van der Waals surface area contributed by atoms with Crippen LogP contribution >= 0.6 is 0 Å². The molecule has 0 aliphatic carbocycles. The molecule has 2 atom stereocenters. The van der Waals surface area contributed by atoms with E-state index in [2.05, 4.69) is 22.3 Å². The number of alkyl carbamates (subject to hydrolysis) is 1. The number of nitrogens with one attached hydrogen (secondary N) is 1. The highest BCUT2D eigenvalue weighted by molar-refractivity contribution is 5.68. The fourth-order valence-electron chi connectivity index (χ4n) is 3.69. The highest BCUT2D eigenvalue weighted by atomic mass is 16.6. The van der Waals surface area contributed by atoms with Crippen molar-refractivity contribution in [1.29, 1.82) is 0 Å². The molecule has 0 aromatic heterocycles. The summed E-state index contributed by atoms with van der Waals surface area (Å²) in [5.74, 6) is 0.837. The van der Waals surface area contributed by atoms with Crippen molar-refractivity contribution in [3.8, 4) is 5.75 Å². The van der Waals surface area contributed by atoms with Crippen LogP contribution in [-0.2, 0) is 11.3 Å². The Labute approximate surface area is 179 Å². The van der Waals surface area contributed by atoms with Crippen molar-refractivity contribution in [3.63, 3.8) is 0 Å². The molecule has 1 heterocycles. The molecule has 162 valence electrons. The van der Waals surface area contributed by atoms with E-state index in [1.807, 2.05) is 63.2 Å². The molecule has 1 saturated heterocycles. The number of hydrogen-bond acceptors (Lipinski definition) is 5. The number of hydrogen-bond donors (Lipinski definition) is 2.